The maximum Gasteiger partial charge on any atom is 0.117 e. The SMILES string of the molecule is CN/C(C#N)=C(\C)C1CCCCC1. The fraction of sp³-hybridized carbons (Fsp3) is 0.727. The van der Waals surface area contributed by atoms with Crippen LogP contribution in [0.15, 0.2) is 11.3 Å². The molecule has 0 aromatic rings. The Labute approximate surface area is 80.6 Å². The molecule has 0 atom stereocenters. The molecule has 0 aromatic heterocycles. The first kappa shape index (κ1) is 10.1. The highest BCUT2D eigenvalue weighted by molar-refractivity contribution is 5.26. The molecule has 1 rings (SSSR count). The molecule has 2 heteroatoms. The van der Waals surface area contributed by atoms with Gasteiger partial charge in [0.15, 0.2) is 0 Å². The molecular formula is C11H18N2. The summed E-state index contributed by atoms with van der Waals surface area (Å²) in [6.45, 7) is 2.09. The summed E-state index contributed by atoms with van der Waals surface area (Å²) in [5, 5.41) is 11.8. The van der Waals surface area contributed by atoms with Crippen molar-refractivity contribution < 1.29 is 0 Å². The van der Waals surface area contributed by atoms with Crippen molar-refractivity contribution in [1.82, 2.24) is 5.32 Å². The Balaban J connectivity index is 2.68. The molecule has 1 saturated carbocycles. The molecule has 0 aromatic carbocycles. The van der Waals surface area contributed by atoms with Crippen LogP contribution in [0.1, 0.15) is 39.0 Å². The number of hydrogen-bond acceptors (Lipinski definition) is 2. The second-order valence-electron chi connectivity index (χ2n) is 3.75. The van der Waals surface area contributed by atoms with E-state index >= 15 is 0 Å². The van der Waals surface area contributed by atoms with Gasteiger partial charge in [0.1, 0.15) is 11.8 Å². The van der Waals surface area contributed by atoms with E-state index in [1.54, 1.807) is 0 Å². The van der Waals surface area contributed by atoms with Crippen LogP contribution in [-0.4, -0.2) is 7.05 Å². The van der Waals surface area contributed by atoms with Gasteiger partial charge < -0.3 is 5.32 Å². The summed E-state index contributed by atoms with van der Waals surface area (Å²) < 4.78 is 0. The molecule has 0 bridgehead atoms. The van der Waals surface area contributed by atoms with Crippen molar-refractivity contribution in [3.8, 4) is 6.07 Å². The smallest absolute Gasteiger partial charge is 0.117 e. The Hall–Kier alpha value is -0.970. The van der Waals surface area contributed by atoms with Gasteiger partial charge in [0.25, 0.3) is 0 Å². The third kappa shape index (κ3) is 2.48. The number of rotatable bonds is 2. The summed E-state index contributed by atoms with van der Waals surface area (Å²) in [6.07, 6.45) is 6.54. The minimum atomic E-state index is 0.649. The molecule has 1 fully saturated rings. The zero-order valence-electron chi connectivity index (χ0n) is 8.56. The van der Waals surface area contributed by atoms with Crippen LogP contribution in [0.2, 0.25) is 0 Å². The Morgan fingerprint density at radius 1 is 1.31 bits per heavy atom. The predicted molar refractivity (Wildman–Crippen MR) is 53.9 cm³/mol. The molecule has 1 aliphatic carbocycles. The third-order valence-corrected chi connectivity index (χ3v) is 2.97. The van der Waals surface area contributed by atoms with Gasteiger partial charge in [0.05, 0.1) is 0 Å². The van der Waals surface area contributed by atoms with E-state index in [1.165, 1.54) is 37.7 Å². The lowest BCUT2D eigenvalue weighted by Gasteiger charge is -2.23. The summed E-state index contributed by atoms with van der Waals surface area (Å²) in [5.74, 6) is 0.649. The molecule has 0 saturated heterocycles. The van der Waals surface area contributed by atoms with E-state index in [0.29, 0.717) is 5.92 Å². The maximum absolute atomic E-state index is 8.86. The molecule has 0 heterocycles. The summed E-state index contributed by atoms with van der Waals surface area (Å²) in [5.41, 5.74) is 2.02. The van der Waals surface area contributed by atoms with Crippen LogP contribution in [0.5, 0.6) is 0 Å². The van der Waals surface area contributed by atoms with Crippen molar-refractivity contribution in [3.63, 3.8) is 0 Å². The van der Waals surface area contributed by atoms with Crippen molar-refractivity contribution in [1.29, 1.82) is 5.26 Å². The lowest BCUT2D eigenvalue weighted by atomic mass is 9.84. The van der Waals surface area contributed by atoms with Crippen molar-refractivity contribution in [3.05, 3.63) is 11.3 Å². The molecule has 2 nitrogen and oxygen atoms in total. The summed E-state index contributed by atoms with van der Waals surface area (Å²) in [4.78, 5) is 0. The highest BCUT2D eigenvalue weighted by Crippen LogP contribution is 2.30. The molecule has 0 unspecified atom stereocenters. The van der Waals surface area contributed by atoms with Gasteiger partial charge in [-0.2, -0.15) is 5.26 Å². The number of nitrogens with zero attached hydrogens (tertiary/aromatic N) is 1. The predicted octanol–water partition coefficient (Wildman–Crippen LogP) is 2.58. The van der Waals surface area contributed by atoms with Crippen LogP contribution in [0.4, 0.5) is 0 Å². The van der Waals surface area contributed by atoms with Gasteiger partial charge in [0.2, 0.25) is 0 Å². The van der Waals surface area contributed by atoms with Gasteiger partial charge in [0, 0.05) is 7.05 Å². The minimum Gasteiger partial charge on any atom is -0.380 e. The van der Waals surface area contributed by atoms with Crippen LogP contribution < -0.4 is 5.32 Å². The normalized spacial score (nSPS) is 20.4. The monoisotopic (exact) mass is 178 g/mol. The topological polar surface area (TPSA) is 35.8 Å². The van der Waals surface area contributed by atoms with Crippen LogP contribution >= 0.6 is 0 Å². The Kier molecular flexibility index (Phi) is 3.82. The van der Waals surface area contributed by atoms with E-state index in [0.717, 1.165) is 5.70 Å². The first-order valence-electron chi connectivity index (χ1n) is 5.08. The first-order valence-corrected chi connectivity index (χ1v) is 5.08. The standard InChI is InChI=1S/C11H18N2/c1-9(11(8-12)13-2)10-6-4-3-5-7-10/h10,13H,3-7H2,1-2H3/b11-9+. The molecule has 0 aliphatic heterocycles. The number of allylic oxidation sites excluding steroid dienone is 2. The van der Waals surface area contributed by atoms with Crippen molar-refractivity contribution in [2.45, 2.75) is 39.0 Å². The number of hydrogen-bond donors (Lipinski definition) is 1. The van der Waals surface area contributed by atoms with Gasteiger partial charge >= 0.3 is 0 Å². The second-order valence-corrected chi connectivity index (χ2v) is 3.75. The molecule has 0 amide bonds. The lowest BCUT2D eigenvalue weighted by molar-refractivity contribution is 0.400. The van der Waals surface area contributed by atoms with Gasteiger partial charge in [-0.25, -0.2) is 0 Å². The zero-order valence-corrected chi connectivity index (χ0v) is 8.56. The molecular weight excluding hydrogens is 160 g/mol. The van der Waals surface area contributed by atoms with Gasteiger partial charge in [-0.1, -0.05) is 19.3 Å². The Morgan fingerprint density at radius 3 is 2.38 bits per heavy atom. The van der Waals surface area contributed by atoms with Crippen molar-refractivity contribution >= 4 is 0 Å². The highest BCUT2D eigenvalue weighted by atomic mass is 14.8. The van der Waals surface area contributed by atoms with Crippen LogP contribution in [0, 0.1) is 17.2 Å². The zero-order chi connectivity index (χ0) is 9.68. The molecule has 0 spiro atoms. The van der Waals surface area contributed by atoms with Gasteiger partial charge in [-0.15, -0.1) is 0 Å². The lowest BCUT2D eigenvalue weighted by Crippen LogP contribution is -2.14. The molecule has 0 radical (unpaired) electrons. The molecule has 72 valence electrons. The molecule has 13 heavy (non-hydrogen) atoms. The minimum absolute atomic E-state index is 0.649. The number of nitrogens with one attached hydrogen (secondary N) is 1. The second kappa shape index (κ2) is 4.91. The van der Waals surface area contributed by atoms with E-state index in [-0.39, 0.29) is 0 Å². The van der Waals surface area contributed by atoms with Gasteiger partial charge in [-0.05, 0) is 31.3 Å². The van der Waals surface area contributed by atoms with Crippen molar-refractivity contribution in [2.75, 3.05) is 7.05 Å². The van der Waals surface area contributed by atoms with Crippen molar-refractivity contribution in [2.24, 2.45) is 5.92 Å². The third-order valence-electron chi connectivity index (χ3n) is 2.97. The Bertz CT molecular complexity index is 229. The largest absolute Gasteiger partial charge is 0.380 e. The summed E-state index contributed by atoms with van der Waals surface area (Å²) in [6, 6.07) is 2.22. The quantitative estimate of drug-likeness (QED) is 0.660. The highest BCUT2D eigenvalue weighted by Gasteiger charge is 2.17. The van der Waals surface area contributed by atoms with E-state index in [9.17, 15) is 0 Å². The summed E-state index contributed by atoms with van der Waals surface area (Å²) >= 11 is 0. The van der Waals surface area contributed by atoms with E-state index in [4.69, 9.17) is 5.26 Å². The fourth-order valence-electron chi connectivity index (χ4n) is 2.08. The first-order chi connectivity index (χ1) is 6.29. The number of nitriles is 1. The molecule has 1 N–H and O–H groups in total. The van der Waals surface area contributed by atoms with Crippen LogP contribution in [-0.2, 0) is 0 Å². The van der Waals surface area contributed by atoms with E-state index < -0.39 is 0 Å². The maximum atomic E-state index is 8.86. The summed E-state index contributed by atoms with van der Waals surface area (Å²) in [7, 11) is 1.82. The van der Waals surface area contributed by atoms with Gasteiger partial charge in [-0.3, -0.25) is 0 Å². The fourth-order valence-corrected chi connectivity index (χ4v) is 2.08. The molecule has 1 aliphatic rings. The average molecular weight is 178 g/mol. The van der Waals surface area contributed by atoms with Crippen LogP contribution in [0.25, 0.3) is 0 Å². The van der Waals surface area contributed by atoms with E-state index in [2.05, 4.69) is 18.3 Å². The van der Waals surface area contributed by atoms with E-state index in [1.807, 2.05) is 7.05 Å². The Morgan fingerprint density at radius 2 is 1.92 bits per heavy atom. The average Bonchev–Trinajstić information content (AvgIpc) is 2.21. The van der Waals surface area contributed by atoms with Crippen LogP contribution in [0.3, 0.4) is 0 Å².